The third-order valence-electron chi connectivity index (χ3n) is 4.32. The lowest BCUT2D eigenvalue weighted by Crippen LogP contribution is -2.22. The lowest BCUT2D eigenvalue weighted by atomic mass is 10.1. The van der Waals surface area contributed by atoms with E-state index in [9.17, 15) is 0 Å². The fraction of sp³-hybridized carbons (Fsp3) is 0.368. The molecule has 2 heterocycles. The Balaban J connectivity index is 1.79. The van der Waals surface area contributed by atoms with Crippen LogP contribution in [0.5, 0.6) is 0 Å². The molecule has 126 valence electrons. The Hall–Kier alpha value is -1.98. The molecule has 0 saturated heterocycles. The van der Waals surface area contributed by atoms with Gasteiger partial charge in [-0.3, -0.25) is 4.90 Å². The first-order valence-corrected chi connectivity index (χ1v) is 8.98. The number of aryl methyl sites for hydroxylation is 3. The van der Waals surface area contributed by atoms with Gasteiger partial charge in [0.25, 0.3) is 0 Å². The van der Waals surface area contributed by atoms with Crippen molar-refractivity contribution in [1.82, 2.24) is 14.9 Å². The second-order valence-electron chi connectivity index (χ2n) is 6.26. The third kappa shape index (κ3) is 3.42. The second-order valence-corrected chi connectivity index (χ2v) is 7.14. The van der Waals surface area contributed by atoms with Gasteiger partial charge in [0.1, 0.15) is 10.8 Å². The van der Waals surface area contributed by atoms with Crippen molar-refractivity contribution in [2.24, 2.45) is 0 Å². The fourth-order valence-corrected chi connectivity index (χ4v) is 3.55. The standard InChI is InChI=1S/C19H23N3OS/c1-12-8-6-7-9-16(12)18-21-17(15(4)23-18)10-22(5)14(3)19-20-13(2)11-24-19/h6-9,11,14H,10H2,1-5H3. The molecule has 0 fully saturated rings. The molecule has 24 heavy (non-hydrogen) atoms. The number of aromatic nitrogens is 2. The number of rotatable bonds is 5. The van der Waals surface area contributed by atoms with Crippen molar-refractivity contribution >= 4 is 11.3 Å². The zero-order valence-electron chi connectivity index (χ0n) is 14.8. The summed E-state index contributed by atoms with van der Waals surface area (Å²) in [5, 5.41) is 3.23. The normalized spacial score (nSPS) is 12.8. The van der Waals surface area contributed by atoms with Gasteiger partial charge in [0.15, 0.2) is 0 Å². The van der Waals surface area contributed by atoms with E-state index >= 15 is 0 Å². The van der Waals surface area contributed by atoms with Gasteiger partial charge in [0.05, 0.1) is 11.7 Å². The molecule has 0 aliphatic carbocycles. The highest BCUT2D eigenvalue weighted by Gasteiger charge is 2.19. The second kappa shape index (κ2) is 6.87. The van der Waals surface area contributed by atoms with E-state index in [1.165, 1.54) is 5.56 Å². The fourth-order valence-electron chi connectivity index (χ4n) is 2.63. The summed E-state index contributed by atoms with van der Waals surface area (Å²) in [6.45, 7) is 9.00. The molecule has 3 rings (SSSR count). The maximum absolute atomic E-state index is 5.92. The molecule has 0 bridgehead atoms. The molecule has 1 aromatic carbocycles. The van der Waals surface area contributed by atoms with Crippen molar-refractivity contribution < 1.29 is 4.42 Å². The summed E-state index contributed by atoms with van der Waals surface area (Å²) in [6.07, 6.45) is 0. The van der Waals surface area contributed by atoms with Gasteiger partial charge < -0.3 is 4.42 Å². The van der Waals surface area contributed by atoms with Crippen LogP contribution in [-0.4, -0.2) is 21.9 Å². The molecule has 1 atom stereocenters. The Morgan fingerprint density at radius 2 is 1.92 bits per heavy atom. The molecule has 2 aromatic heterocycles. The number of hydrogen-bond acceptors (Lipinski definition) is 5. The topological polar surface area (TPSA) is 42.2 Å². The average molecular weight is 341 g/mol. The van der Waals surface area contributed by atoms with E-state index in [2.05, 4.69) is 48.3 Å². The summed E-state index contributed by atoms with van der Waals surface area (Å²) < 4.78 is 5.92. The van der Waals surface area contributed by atoms with Crippen molar-refractivity contribution in [1.29, 1.82) is 0 Å². The summed E-state index contributed by atoms with van der Waals surface area (Å²) in [4.78, 5) is 11.6. The predicted octanol–water partition coefficient (Wildman–Crippen LogP) is 4.92. The molecule has 0 N–H and O–H groups in total. The van der Waals surface area contributed by atoms with Gasteiger partial charge in [0.2, 0.25) is 5.89 Å². The molecular weight excluding hydrogens is 318 g/mol. The number of benzene rings is 1. The first kappa shape index (κ1) is 16.9. The zero-order valence-corrected chi connectivity index (χ0v) is 15.6. The minimum absolute atomic E-state index is 0.252. The van der Waals surface area contributed by atoms with E-state index < -0.39 is 0 Å². The molecule has 0 saturated carbocycles. The van der Waals surface area contributed by atoms with Crippen LogP contribution in [0.1, 0.15) is 40.7 Å². The molecule has 0 spiro atoms. The Morgan fingerprint density at radius 1 is 1.17 bits per heavy atom. The zero-order chi connectivity index (χ0) is 17.3. The van der Waals surface area contributed by atoms with E-state index in [0.717, 1.165) is 34.3 Å². The van der Waals surface area contributed by atoms with Crippen LogP contribution in [0.15, 0.2) is 34.1 Å². The quantitative estimate of drug-likeness (QED) is 0.661. The van der Waals surface area contributed by atoms with Gasteiger partial charge in [-0.1, -0.05) is 18.2 Å². The van der Waals surface area contributed by atoms with Crippen molar-refractivity contribution in [3.05, 3.63) is 57.4 Å². The Kier molecular flexibility index (Phi) is 4.83. The molecule has 4 nitrogen and oxygen atoms in total. The van der Waals surface area contributed by atoms with Crippen LogP contribution in [0.4, 0.5) is 0 Å². The highest BCUT2D eigenvalue weighted by molar-refractivity contribution is 7.09. The summed E-state index contributed by atoms with van der Waals surface area (Å²) >= 11 is 1.71. The van der Waals surface area contributed by atoms with E-state index in [1.807, 2.05) is 26.0 Å². The van der Waals surface area contributed by atoms with Crippen molar-refractivity contribution in [2.75, 3.05) is 7.05 Å². The van der Waals surface area contributed by atoms with E-state index in [-0.39, 0.29) is 6.04 Å². The highest BCUT2D eigenvalue weighted by Crippen LogP contribution is 2.28. The largest absolute Gasteiger partial charge is 0.441 e. The highest BCUT2D eigenvalue weighted by atomic mass is 32.1. The first-order chi connectivity index (χ1) is 11.5. The number of oxazole rings is 1. The van der Waals surface area contributed by atoms with Crippen LogP contribution >= 0.6 is 11.3 Å². The maximum Gasteiger partial charge on any atom is 0.226 e. The van der Waals surface area contributed by atoms with Gasteiger partial charge >= 0.3 is 0 Å². The minimum atomic E-state index is 0.252. The molecule has 0 radical (unpaired) electrons. The number of nitrogens with zero attached hydrogens (tertiary/aromatic N) is 3. The first-order valence-electron chi connectivity index (χ1n) is 8.10. The Morgan fingerprint density at radius 3 is 2.58 bits per heavy atom. The lowest BCUT2D eigenvalue weighted by molar-refractivity contribution is 0.248. The van der Waals surface area contributed by atoms with Gasteiger partial charge in [-0.05, 0) is 46.4 Å². The van der Waals surface area contributed by atoms with Gasteiger partial charge in [-0.25, -0.2) is 9.97 Å². The molecule has 1 unspecified atom stereocenters. The summed E-state index contributed by atoms with van der Waals surface area (Å²) in [5.41, 5.74) is 4.29. The predicted molar refractivity (Wildman–Crippen MR) is 98.1 cm³/mol. The summed E-state index contributed by atoms with van der Waals surface area (Å²) in [7, 11) is 2.10. The Bertz CT molecular complexity index is 837. The van der Waals surface area contributed by atoms with Crippen LogP contribution in [0, 0.1) is 20.8 Å². The van der Waals surface area contributed by atoms with Crippen molar-refractivity contribution in [2.45, 2.75) is 40.3 Å². The average Bonchev–Trinajstić information content (AvgIpc) is 3.13. The molecular formula is C19H23N3OS. The van der Waals surface area contributed by atoms with Crippen LogP contribution in [-0.2, 0) is 6.54 Å². The van der Waals surface area contributed by atoms with E-state index in [4.69, 9.17) is 9.40 Å². The van der Waals surface area contributed by atoms with Crippen molar-refractivity contribution in [3.63, 3.8) is 0 Å². The monoisotopic (exact) mass is 341 g/mol. The number of thiazole rings is 1. The van der Waals surface area contributed by atoms with Gasteiger partial charge in [-0.2, -0.15) is 0 Å². The van der Waals surface area contributed by atoms with Crippen LogP contribution in [0.25, 0.3) is 11.5 Å². The number of hydrogen-bond donors (Lipinski definition) is 0. The van der Waals surface area contributed by atoms with Crippen LogP contribution in [0.2, 0.25) is 0 Å². The van der Waals surface area contributed by atoms with Gasteiger partial charge in [0, 0.05) is 23.2 Å². The van der Waals surface area contributed by atoms with E-state index in [0.29, 0.717) is 5.89 Å². The van der Waals surface area contributed by atoms with Crippen LogP contribution in [0.3, 0.4) is 0 Å². The molecule has 0 aliphatic rings. The molecule has 5 heteroatoms. The molecule has 0 amide bonds. The lowest BCUT2D eigenvalue weighted by Gasteiger charge is -2.21. The minimum Gasteiger partial charge on any atom is -0.441 e. The van der Waals surface area contributed by atoms with Crippen LogP contribution < -0.4 is 0 Å². The summed E-state index contributed by atoms with van der Waals surface area (Å²) in [6, 6.07) is 8.42. The summed E-state index contributed by atoms with van der Waals surface area (Å²) in [5.74, 6) is 1.58. The smallest absolute Gasteiger partial charge is 0.226 e. The SMILES string of the molecule is Cc1csc(C(C)N(C)Cc2nc(-c3ccccc3C)oc2C)n1. The van der Waals surface area contributed by atoms with E-state index in [1.54, 1.807) is 11.3 Å². The molecule has 0 aliphatic heterocycles. The van der Waals surface area contributed by atoms with Gasteiger partial charge in [-0.15, -0.1) is 11.3 Å². The van der Waals surface area contributed by atoms with Crippen molar-refractivity contribution in [3.8, 4) is 11.5 Å². The molecule has 3 aromatic rings. The maximum atomic E-state index is 5.92. The Labute approximate surface area is 147 Å². The third-order valence-corrected chi connectivity index (χ3v) is 5.46.